The van der Waals surface area contributed by atoms with Gasteiger partial charge in [-0.2, -0.15) is 0 Å². The lowest BCUT2D eigenvalue weighted by Crippen LogP contribution is -2.57. The van der Waals surface area contributed by atoms with Gasteiger partial charge in [-0.15, -0.1) is 37.2 Å². The summed E-state index contributed by atoms with van der Waals surface area (Å²) in [7, 11) is 0. The molecule has 2 N–H and O–H groups in total. The van der Waals surface area contributed by atoms with E-state index in [1.54, 1.807) is 0 Å². The Labute approximate surface area is 252 Å². The molecule has 5 rings (SSSR count). The van der Waals surface area contributed by atoms with E-state index in [0.29, 0.717) is 5.92 Å². The summed E-state index contributed by atoms with van der Waals surface area (Å²) >= 11 is 0. The summed E-state index contributed by atoms with van der Waals surface area (Å²) in [6.45, 7) is 11.0. The number of hydrogen-bond acceptors (Lipinski definition) is 3. The minimum Gasteiger partial charge on any atom is -0.342 e. The fraction of sp³-hybridized carbons (Fsp3) is 0.344. The normalized spacial score (nSPS) is 15.1. The van der Waals surface area contributed by atoms with Crippen molar-refractivity contribution < 1.29 is 0 Å². The molecule has 210 valence electrons. The van der Waals surface area contributed by atoms with Gasteiger partial charge >= 0.3 is 0 Å². The minimum absolute atomic E-state index is 0. The Kier molecular flexibility index (Phi) is 12.5. The molecule has 1 saturated heterocycles. The number of H-pyrrole nitrogens is 1. The summed E-state index contributed by atoms with van der Waals surface area (Å²) in [5.41, 5.74) is 6.00. The average Bonchev–Trinajstić information content (AvgIpc) is 3.33. The van der Waals surface area contributed by atoms with E-state index in [4.69, 9.17) is 4.98 Å². The summed E-state index contributed by atoms with van der Waals surface area (Å²) in [4.78, 5) is 11.7. The Bertz CT molecular complexity index is 1200. The zero-order chi connectivity index (χ0) is 25.0. The van der Waals surface area contributed by atoms with Gasteiger partial charge in [0.2, 0.25) is 0 Å². The fourth-order valence-corrected chi connectivity index (χ4v) is 6.04. The van der Waals surface area contributed by atoms with E-state index >= 15 is 0 Å². The zero-order valence-electron chi connectivity index (χ0n) is 23.0. The molecule has 0 amide bonds. The maximum absolute atomic E-state index is 5.37. The standard InChI is InChI=1S/C32H38N4.3ClH/c1-24(2)32(36-21-19-33-20-22-36,30-25(3)34-31(35-30)28-17-11-6-12-18-28)23-29(26-13-7-4-8-14-26)27-15-9-5-10-16-27;;;/h4-18,24,29,33H,19-23H2,1-3H3,(H,34,35);3*1H. The Morgan fingerprint density at radius 2 is 1.26 bits per heavy atom. The molecular formula is C32H41Cl3N4. The molecule has 4 nitrogen and oxygen atoms in total. The number of aromatic amines is 1. The van der Waals surface area contributed by atoms with E-state index in [-0.39, 0.29) is 48.7 Å². The highest BCUT2D eigenvalue weighted by Gasteiger charge is 2.46. The van der Waals surface area contributed by atoms with Crippen molar-refractivity contribution in [1.29, 1.82) is 0 Å². The first-order chi connectivity index (χ1) is 17.6. The van der Waals surface area contributed by atoms with Crippen molar-refractivity contribution in [2.24, 2.45) is 5.92 Å². The molecule has 0 bridgehead atoms. The third kappa shape index (κ3) is 6.87. The van der Waals surface area contributed by atoms with Crippen LogP contribution in [0.4, 0.5) is 0 Å². The van der Waals surface area contributed by atoms with Crippen LogP contribution in [0, 0.1) is 12.8 Å². The molecule has 1 unspecified atom stereocenters. The molecule has 1 aliphatic heterocycles. The Hall–Kier alpha value is -2.34. The molecule has 0 aliphatic carbocycles. The molecule has 7 heteroatoms. The Morgan fingerprint density at radius 1 is 0.769 bits per heavy atom. The molecule has 4 aromatic rings. The highest BCUT2D eigenvalue weighted by molar-refractivity contribution is 5.86. The second kappa shape index (κ2) is 14.9. The fourth-order valence-electron chi connectivity index (χ4n) is 6.04. The van der Waals surface area contributed by atoms with E-state index in [9.17, 15) is 0 Å². The summed E-state index contributed by atoms with van der Waals surface area (Å²) in [6, 6.07) is 32.5. The van der Waals surface area contributed by atoms with Gasteiger partial charge in [0.1, 0.15) is 5.82 Å². The number of benzene rings is 3. The van der Waals surface area contributed by atoms with Gasteiger partial charge in [-0.25, -0.2) is 4.98 Å². The molecule has 1 fully saturated rings. The Morgan fingerprint density at radius 3 is 1.74 bits per heavy atom. The van der Waals surface area contributed by atoms with Crippen LogP contribution in [0.5, 0.6) is 0 Å². The van der Waals surface area contributed by atoms with E-state index in [0.717, 1.165) is 44.0 Å². The second-order valence-electron chi connectivity index (χ2n) is 10.3. The number of imidazole rings is 1. The van der Waals surface area contributed by atoms with Crippen LogP contribution in [0.3, 0.4) is 0 Å². The lowest BCUT2D eigenvalue weighted by atomic mass is 9.71. The largest absolute Gasteiger partial charge is 0.342 e. The second-order valence-corrected chi connectivity index (χ2v) is 10.3. The van der Waals surface area contributed by atoms with Crippen molar-refractivity contribution >= 4 is 37.2 Å². The minimum atomic E-state index is -0.216. The summed E-state index contributed by atoms with van der Waals surface area (Å²) < 4.78 is 0. The number of nitrogens with zero attached hydrogens (tertiary/aromatic N) is 2. The molecule has 0 saturated carbocycles. The molecule has 39 heavy (non-hydrogen) atoms. The first-order valence-electron chi connectivity index (χ1n) is 13.3. The van der Waals surface area contributed by atoms with Crippen molar-refractivity contribution in [3.8, 4) is 11.4 Å². The average molecular weight is 588 g/mol. The van der Waals surface area contributed by atoms with Crippen molar-refractivity contribution in [2.45, 2.75) is 38.6 Å². The molecule has 2 heterocycles. The van der Waals surface area contributed by atoms with Crippen molar-refractivity contribution in [2.75, 3.05) is 26.2 Å². The van der Waals surface area contributed by atoms with Crippen LogP contribution < -0.4 is 5.32 Å². The van der Waals surface area contributed by atoms with Gasteiger partial charge in [-0.1, -0.05) is 105 Å². The monoisotopic (exact) mass is 586 g/mol. The third-order valence-corrected chi connectivity index (χ3v) is 7.90. The van der Waals surface area contributed by atoms with Gasteiger partial charge in [0.05, 0.1) is 11.2 Å². The first-order valence-corrected chi connectivity index (χ1v) is 13.3. The van der Waals surface area contributed by atoms with E-state index in [1.165, 1.54) is 22.5 Å². The van der Waals surface area contributed by atoms with Gasteiger partial charge < -0.3 is 10.3 Å². The molecule has 0 radical (unpaired) electrons. The van der Waals surface area contributed by atoms with Crippen LogP contribution >= 0.6 is 37.2 Å². The number of halogens is 3. The van der Waals surface area contributed by atoms with Gasteiger partial charge in [-0.3, -0.25) is 4.90 Å². The van der Waals surface area contributed by atoms with Crippen LogP contribution in [-0.2, 0) is 5.54 Å². The number of nitrogens with one attached hydrogen (secondary N) is 2. The molecule has 1 atom stereocenters. The smallest absolute Gasteiger partial charge is 0.137 e. The van der Waals surface area contributed by atoms with Crippen LogP contribution in [0.25, 0.3) is 11.4 Å². The van der Waals surface area contributed by atoms with Crippen molar-refractivity contribution in [3.63, 3.8) is 0 Å². The number of rotatable bonds is 8. The van der Waals surface area contributed by atoms with Crippen molar-refractivity contribution in [1.82, 2.24) is 20.2 Å². The quantitative estimate of drug-likeness (QED) is 0.223. The SMILES string of the molecule is Cc1[nH]c(-c2ccccc2)nc1C(CC(c1ccccc1)c1ccccc1)(C(C)C)N1CCNCC1.Cl.Cl.Cl. The van der Waals surface area contributed by atoms with Crippen molar-refractivity contribution in [3.05, 3.63) is 114 Å². The van der Waals surface area contributed by atoms with E-state index in [2.05, 4.69) is 127 Å². The lowest BCUT2D eigenvalue weighted by Gasteiger charge is -2.50. The predicted octanol–water partition coefficient (Wildman–Crippen LogP) is 7.63. The zero-order valence-corrected chi connectivity index (χ0v) is 25.4. The maximum atomic E-state index is 5.37. The van der Waals surface area contributed by atoms with Crippen LogP contribution in [0.2, 0.25) is 0 Å². The van der Waals surface area contributed by atoms with Gasteiger partial charge in [0.25, 0.3) is 0 Å². The topological polar surface area (TPSA) is 44.0 Å². The van der Waals surface area contributed by atoms with Crippen LogP contribution in [0.15, 0.2) is 91.0 Å². The molecule has 1 aliphatic rings. The van der Waals surface area contributed by atoms with Gasteiger partial charge in [-0.05, 0) is 30.4 Å². The highest BCUT2D eigenvalue weighted by Crippen LogP contribution is 2.47. The van der Waals surface area contributed by atoms with E-state index < -0.39 is 0 Å². The summed E-state index contributed by atoms with van der Waals surface area (Å²) in [6.07, 6.45) is 0.971. The summed E-state index contributed by atoms with van der Waals surface area (Å²) in [5, 5.41) is 3.57. The first kappa shape index (κ1) is 32.9. The van der Waals surface area contributed by atoms with Gasteiger partial charge in [0, 0.05) is 43.4 Å². The Balaban J connectivity index is 0.00000178. The molecule has 1 aromatic heterocycles. The summed E-state index contributed by atoms with van der Waals surface area (Å²) in [5.74, 6) is 1.59. The molecule has 0 spiro atoms. The predicted molar refractivity (Wildman–Crippen MR) is 171 cm³/mol. The number of piperazine rings is 1. The maximum Gasteiger partial charge on any atom is 0.137 e. The lowest BCUT2D eigenvalue weighted by molar-refractivity contribution is 0.0143. The van der Waals surface area contributed by atoms with E-state index in [1.807, 2.05) is 0 Å². The molecular weight excluding hydrogens is 547 g/mol. The molecule has 3 aromatic carbocycles. The van der Waals surface area contributed by atoms with Crippen LogP contribution in [0.1, 0.15) is 48.7 Å². The number of hydrogen-bond donors (Lipinski definition) is 2. The third-order valence-electron chi connectivity index (χ3n) is 7.90. The number of aryl methyl sites for hydroxylation is 1. The number of aromatic nitrogens is 2. The van der Waals surface area contributed by atoms with Crippen LogP contribution in [-0.4, -0.2) is 41.0 Å². The van der Waals surface area contributed by atoms with Gasteiger partial charge in [0.15, 0.2) is 0 Å². The highest BCUT2D eigenvalue weighted by atomic mass is 35.5.